The van der Waals surface area contributed by atoms with E-state index in [4.69, 9.17) is 4.74 Å². The molecule has 1 aliphatic rings. The fraction of sp³-hybridized carbons (Fsp3) is 0.500. The zero-order valence-corrected chi connectivity index (χ0v) is 14.4. The van der Waals surface area contributed by atoms with Crippen molar-refractivity contribution >= 4 is 5.97 Å². The maximum Gasteiger partial charge on any atom is 0.310 e. The molecule has 1 aromatic rings. The number of hydrogen-bond donors (Lipinski definition) is 0. The van der Waals surface area contributed by atoms with E-state index in [0.717, 1.165) is 12.0 Å². The van der Waals surface area contributed by atoms with E-state index < -0.39 is 53.1 Å². The minimum atomic E-state index is -2.24. The average molecular weight is 362 g/mol. The predicted molar refractivity (Wildman–Crippen MR) is 80.8 cm³/mol. The van der Waals surface area contributed by atoms with Crippen LogP contribution >= 0.6 is 0 Å². The van der Waals surface area contributed by atoms with E-state index in [9.17, 15) is 26.7 Å². The first kappa shape index (κ1) is 19.4. The average Bonchev–Trinajstić information content (AvgIpc) is 3.10. The summed E-state index contributed by atoms with van der Waals surface area (Å²) < 4.78 is 71.3. The quantitative estimate of drug-likeness (QED) is 0.241. The van der Waals surface area contributed by atoms with Crippen LogP contribution in [0.3, 0.4) is 0 Å². The second-order valence-electron chi connectivity index (χ2n) is 6.85. The molecule has 25 heavy (non-hydrogen) atoms. The third-order valence-electron chi connectivity index (χ3n) is 4.85. The van der Waals surface area contributed by atoms with Crippen LogP contribution in [0.5, 0.6) is 0 Å². The Hall–Kier alpha value is -1.92. The third kappa shape index (κ3) is 3.41. The van der Waals surface area contributed by atoms with Crippen molar-refractivity contribution in [2.75, 3.05) is 0 Å². The van der Waals surface area contributed by atoms with Gasteiger partial charge in [-0.3, -0.25) is 4.79 Å². The van der Waals surface area contributed by atoms with Gasteiger partial charge in [0.1, 0.15) is 6.61 Å². The number of hydrogen-bond acceptors (Lipinski definition) is 2. The van der Waals surface area contributed by atoms with Gasteiger partial charge in [-0.15, -0.1) is 0 Å². The van der Waals surface area contributed by atoms with Crippen LogP contribution in [0.4, 0.5) is 22.0 Å². The van der Waals surface area contributed by atoms with Crippen LogP contribution in [-0.4, -0.2) is 5.97 Å². The zero-order chi connectivity index (χ0) is 19.1. The lowest BCUT2D eigenvalue weighted by atomic mass is 10.1. The molecule has 0 N–H and O–H groups in total. The van der Waals surface area contributed by atoms with Crippen molar-refractivity contribution in [2.45, 2.75) is 40.7 Å². The first-order valence-electron chi connectivity index (χ1n) is 7.88. The molecule has 0 aromatic heterocycles. The van der Waals surface area contributed by atoms with Crippen LogP contribution in [0.25, 0.3) is 0 Å². The molecular formula is C18H19F5O2. The van der Waals surface area contributed by atoms with Crippen LogP contribution in [0.2, 0.25) is 0 Å². The van der Waals surface area contributed by atoms with E-state index in [0.29, 0.717) is 0 Å². The van der Waals surface area contributed by atoms with Crippen molar-refractivity contribution in [1.82, 2.24) is 0 Å². The number of esters is 1. The summed E-state index contributed by atoms with van der Waals surface area (Å²) in [5.41, 5.74) is -0.447. The molecule has 0 saturated heterocycles. The highest BCUT2D eigenvalue weighted by Crippen LogP contribution is 2.60. The smallest absolute Gasteiger partial charge is 0.310 e. The van der Waals surface area contributed by atoms with Gasteiger partial charge in [-0.1, -0.05) is 32.4 Å². The van der Waals surface area contributed by atoms with Crippen LogP contribution < -0.4 is 0 Å². The summed E-state index contributed by atoms with van der Waals surface area (Å²) in [5.74, 6) is -11.7. The molecular weight excluding hydrogens is 343 g/mol. The van der Waals surface area contributed by atoms with Gasteiger partial charge in [0.25, 0.3) is 0 Å². The Morgan fingerprint density at radius 2 is 1.52 bits per heavy atom. The lowest BCUT2D eigenvalue weighted by molar-refractivity contribution is -0.147. The van der Waals surface area contributed by atoms with Crippen molar-refractivity contribution in [3.63, 3.8) is 0 Å². The molecule has 2 unspecified atom stereocenters. The normalized spacial score (nSPS) is 22.0. The predicted octanol–water partition coefficient (Wildman–Crippen LogP) is 5.05. The van der Waals surface area contributed by atoms with Gasteiger partial charge in [0.15, 0.2) is 23.3 Å². The molecule has 138 valence electrons. The second kappa shape index (κ2) is 6.77. The number of carbonyl (C=O) groups excluding carboxylic acids is 1. The number of halogens is 5. The summed E-state index contributed by atoms with van der Waals surface area (Å²) in [7, 11) is 0. The standard InChI is InChI=1S/C18H19F5O2/c1-5-8(2)6-10-11(18(10,3)4)17(24)25-7-9-12(19)14(21)16(23)15(22)13(9)20/h6,10-11H,5,7H2,1-4H3. The summed E-state index contributed by atoms with van der Waals surface area (Å²) >= 11 is 0. The Labute approximate surface area is 142 Å². The van der Waals surface area contributed by atoms with Gasteiger partial charge in [-0.05, 0) is 24.7 Å². The molecule has 1 fully saturated rings. The first-order valence-corrected chi connectivity index (χ1v) is 7.88. The van der Waals surface area contributed by atoms with Crippen molar-refractivity contribution in [1.29, 1.82) is 0 Å². The fourth-order valence-electron chi connectivity index (χ4n) is 2.87. The molecule has 1 aromatic carbocycles. The van der Waals surface area contributed by atoms with Gasteiger partial charge in [0, 0.05) is 0 Å². The van der Waals surface area contributed by atoms with Gasteiger partial charge in [0.2, 0.25) is 5.82 Å². The number of rotatable bonds is 5. The summed E-state index contributed by atoms with van der Waals surface area (Å²) in [6, 6.07) is 0. The van der Waals surface area contributed by atoms with Crippen LogP contribution in [0, 0.1) is 46.3 Å². The maximum absolute atomic E-state index is 13.6. The Morgan fingerprint density at radius 1 is 1.04 bits per heavy atom. The number of carbonyl (C=O) groups is 1. The highest BCUT2D eigenvalue weighted by atomic mass is 19.2. The monoisotopic (exact) mass is 362 g/mol. The topological polar surface area (TPSA) is 26.3 Å². The van der Waals surface area contributed by atoms with Crippen molar-refractivity contribution < 1.29 is 31.5 Å². The third-order valence-corrected chi connectivity index (χ3v) is 4.85. The molecule has 2 rings (SSSR count). The minimum absolute atomic E-state index is 0.0867. The Kier molecular flexibility index (Phi) is 5.25. The Balaban J connectivity index is 2.14. The SMILES string of the molecule is CCC(C)=CC1C(C(=O)OCc2c(F)c(F)c(F)c(F)c2F)C1(C)C. The summed E-state index contributed by atoms with van der Waals surface area (Å²) in [4.78, 5) is 12.2. The lowest BCUT2D eigenvalue weighted by Crippen LogP contribution is -2.14. The van der Waals surface area contributed by atoms with Crippen molar-refractivity contribution in [3.05, 3.63) is 46.3 Å². The molecule has 0 amide bonds. The van der Waals surface area contributed by atoms with Gasteiger partial charge < -0.3 is 4.74 Å². The summed E-state index contributed by atoms with van der Waals surface area (Å²) in [6.45, 7) is 6.58. The lowest BCUT2D eigenvalue weighted by Gasteiger charge is -2.09. The Bertz CT molecular complexity index is 710. The van der Waals surface area contributed by atoms with Crippen LogP contribution in [-0.2, 0) is 16.1 Å². The molecule has 0 spiro atoms. The molecule has 1 aliphatic carbocycles. The first-order chi connectivity index (χ1) is 11.5. The molecule has 1 saturated carbocycles. The van der Waals surface area contributed by atoms with E-state index in [1.54, 1.807) is 0 Å². The summed E-state index contributed by atoms with van der Waals surface area (Å²) in [5, 5.41) is 0. The zero-order valence-electron chi connectivity index (χ0n) is 14.4. The van der Waals surface area contributed by atoms with Gasteiger partial charge in [0.05, 0.1) is 11.5 Å². The molecule has 2 atom stereocenters. The van der Waals surface area contributed by atoms with Gasteiger partial charge in [-0.2, -0.15) is 0 Å². The molecule has 0 bridgehead atoms. The van der Waals surface area contributed by atoms with Crippen molar-refractivity contribution in [3.8, 4) is 0 Å². The highest BCUT2D eigenvalue weighted by Gasteiger charge is 2.61. The Morgan fingerprint density at radius 3 is 2.00 bits per heavy atom. The van der Waals surface area contributed by atoms with E-state index >= 15 is 0 Å². The molecule has 7 heteroatoms. The molecule has 0 aliphatic heterocycles. The summed E-state index contributed by atoms with van der Waals surface area (Å²) in [6.07, 6.45) is 2.77. The van der Waals surface area contributed by atoms with Gasteiger partial charge >= 0.3 is 5.97 Å². The molecule has 0 heterocycles. The van der Waals surface area contributed by atoms with Gasteiger partial charge in [-0.25, -0.2) is 22.0 Å². The highest BCUT2D eigenvalue weighted by molar-refractivity contribution is 5.78. The molecule has 0 radical (unpaired) electrons. The van der Waals surface area contributed by atoms with E-state index in [1.165, 1.54) is 0 Å². The van der Waals surface area contributed by atoms with Crippen LogP contribution in [0.15, 0.2) is 11.6 Å². The van der Waals surface area contributed by atoms with Crippen molar-refractivity contribution in [2.24, 2.45) is 17.3 Å². The fourth-order valence-corrected chi connectivity index (χ4v) is 2.87. The number of allylic oxidation sites excluding steroid dienone is 2. The largest absolute Gasteiger partial charge is 0.460 e. The second-order valence-corrected chi connectivity index (χ2v) is 6.85. The molecule has 2 nitrogen and oxygen atoms in total. The maximum atomic E-state index is 13.6. The van der Waals surface area contributed by atoms with E-state index in [2.05, 4.69) is 0 Å². The minimum Gasteiger partial charge on any atom is -0.460 e. The number of ether oxygens (including phenoxy) is 1. The van der Waals surface area contributed by atoms with E-state index in [-0.39, 0.29) is 11.3 Å². The van der Waals surface area contributed by atoms with Crippen LogP contribution in [0.1, 0.15) is 39.7 Å². The number of benzene rings is 1. The van der Waals surface area contributed by atoms with E-state index in [1.807, 2.05) is 33.8 Å².